The van der Waals surface area contributed by atoms with E-state index in [2.05, 4.69) is 27.4 Å². The molecule has 0 saturated carbocycles. The molecule has 1 aliphatic rings. The van der Waals surface area contributed by atoms with Gasteiger partial charge in [0.25, 0.3) is 5.91 Å². The number of aryl methyl sites for hydroxylation is 1. The van der Waals surface area contributed by atoms with Crippen LogP contribution < -0.4 is 20.3 Å². The van der Waals surface area contributed by atoms with Gasteiger partial charge in [-0.15, -0.1) is 0 Å². The van der Waals surface area contributed by atoms with E-state index in [0.29, 0.717) is 17.0 Å². The van der Waals surface area contributed by atoms with Gasteiger partial charge in [0.05, 0.1) is 24.1 Å². The van der Waals surface area contributed by atoms with E-state index in [1.165, 1.54) is 13.2 Å². The predicted octanol–water partition coefficient (Wildman–Crippen LogP) is 2.84. The molecule has 0 spiro atoms. The van der Waals surface area contributed by atoms with Crippen LogP contribution in [-0.4, -0.2) is 48.1 Å². The van der Waals surface area contributed by atoms with Gasteiger partial charge < -0.3 is 24.7 Å². The molecule has 2 aromatic heterocycles. The molecule has 152 valence electrons. The van der Waals surface area contributed by atoms with Crippen molar-refractivity contribution in [2.24, 2.45) is 0 Å². The minimum atomic E-state index is -0.472. The molecule has 7 nitrogen and oxygen atoms in total. The minimum absolute atomic E-state index is 0.130. The summed E-state index contributed by atoms with van der Waals surface area (Å²) in [6.07, 6.45) is 3.45. The molecule has 1 fully saturated rings. The highest BCUT2D eigenvalue weighted by Crippen LogP contribution is 2.26. The Bertz CT molecular complexity index is 1060. The number of imidazole rings is 1. The maximum Gasteiger partial charge on any atom is 0.261 e. The summed E-state index contributed by atoms with van der Waals surface area (Å²) in [6, 6.07) is 6.87. The highest BCUT2D eigenvalue weighted by atomic mass is 19.1. The zero-order chi connectivity index (χ0) is 20.5. The molecule has 8 heteroatoms. The van der Waals surface area contributed by atoms with Gasteiger partial charge in [0.2, 0.25) is 0 Å². The van der Waals surface area contributed by atoms with Gasteiger partial charge in [-0.3, -0.25) is 4.79 Å². The van der Waals surface area contributed by atoms with E-state index in [9.17, 15) is 9.18 Å². The van der Waals surface area contributed by atoms with Crippen LogP contribution in [0.1, 0.15) is 23.0 Å². The number of rotatable bonds is 4. The molecule has 0 bridgehead atoms. The number of amides is 1. The van der Waals surface area contributed by atoms with E-state index in [1.807, 2.05) is 19.2 Å². The van der Waals surface area contributed by atoms with E-state index in [0.717, 1.165) is 31.0 Å². The highest BCUT2D eigenvalue weighted by Gasteiger charge is 2.21. The molecule has 4 rings (SSSR count). The van der Waals surface area contributed by atoms with E-state index in [4.69, 9.17) is 4.74 Å². The number of halogens is 1. The number of ether oxygens (including phenoxy) is 1. The van der Waals surface area contributed by atoms with Crippen LogP contribution in [0.2, 0.25) is 0 Å². The first-order valence-corrected chi connectivity index (χ1v) is 9.58. The van der Waals surface area contributed by atoms with Crippen molar-refractivity contribution in [1.82, 2.24) is 14.7 Å². The average molecular weight is 397 g/mol. The van der Waals surface area contributed by atoms with Crippen LogP contribution in [0.3, 0.4) is 0 Å². The molecule has 3 heterocycles. The van der Waals surface area contributed by atoms with Gasteiger partial charge in [0, 0.05) is 49.8 Å². The number of fused-ring (bicyclic) bond motifs is 1. The van der Waals surface area contributed by atoms with E-state index < -0.39 is 11.7 Å². The summed E-state index contributed by atoms with van der Waals surface area (Å²) in [5, 5.41) is 5.97. The van der Waals surface area contributed by atoms with E-state index in [1.54, 1.807) is 22.7 Å². The van der Waals surface area contributed by atoms with Gasteiger partial charge in [0.15, 0.2) is 0 Å². The summed E-state index contributed by atoms with van der Waals surface area (Å²) in [6.45, 7) is 6.50. The molecule has 29 heavy (non-hydrogen) atoms. The zero-order valence-electron chi connectivity index (χ0n) is 16.7. The second kappa shape index (κ2) is 7.71. The molecule has 2 N–H and O–H groups in total. The number of piperazine rings is 1. The summed E-state index contributed by atoms with van der Waals surface area (Å²) >= 11 is 0. The SMILES string of the molecule is COc1cc2nc(C)cn2cc1C(=O)Nc1ccc(N2CCNCC2C)cc1F. The number of benzene rings is 1. The van der Waals surface area contributed by atoms with E-state index in [-0.39, 0.29) is 11.7 Å². The van der Waals surface area contributed by atoms with Crippen molar-refractivity contribution in [1.29, 1.82) is 0 Å². The molecule has 1 unspecified atom stereocenters. The molecule has 1 atom stereocenters. The van der Waals surface area contributed by atoms with Crippen LogP contribution in [0, 0.1) is 12.7 Å². The number of nitrogens with one attached hydrogen (secondary N) is 2. The number of nitrogens with zero attached hydrogens (tertiary/aromatic N) is 3. The fourth-order valence-corrected chi connectivity index (χ4v) is 3.68. The predicted molar refractivity (Wildman–Crippen MR) is 111 cm³/mol. The smallest absolute Gasteiger partial charge is 0.261 e. The van der Waals surface area contributed by atoms with Gasteiger partial charge in [-0.05, 0) is 32.0 Å². The van der Waals surface area contributed by atoms with Crippen LogP contribution >= 0.6 is 0 Å². The first-order valence-electron chi connectivity index (χ1n) is 9.58. The highest BCUT2D eigenvalue weighted by molar-refractivity contribution is 6.06. The molecule has 1 amide bonds. The van der Waals surface area contributed by atoms with Gasteiger partial charge in [-0.25, -0.2) is 9.37 Å². The third kappa shape index (κ3) is 3.75. The number of carbonyl (C=O) groups excluding carboxylic acids is 1. The van der Waals surface area contributed by atoms with Crippen molar-refractivity contribution in [3.63, 3.8) is 0 Å². The summed E-state index contributed by atoms with van der Waals surface area (Å²) in [5.41, 5.74) is 2.74. The number of aromatic nitrogens is 2. The van der Waals surface area contributed by atoms with E-state index >= 15 is 0 Å². The third-order valence-corrected chi connectivity index (χ3v) is 5.17. The van der Waals surface area contributed by atoms with Crippen molar-refractivity contribution >= 4 is 22.9 Å². The molecule has 0 radical (unpaired) electrons. The van der Waals surface area contributed by atoms with Crippen molar-refractivity contribution in [2.45, 2.75) is 19.9 Å². The minimum Gasteiger partial charge on any atom is -0.496 e. The monoisotopic (exact) mass is 397 g/mol. The summed E-state index contributed by atoms with van der Waals surface area (Å²) < 4.78 is 21.8. The second-order valence-corrected chi connectivity index (χ2v) is 7.27. The molecular formula is C21H24FN5O2. The number of anilines is 2. The Morgan fingerprint density at radius 2 is 2.17 bits per heavy atom. The quantitative estimate of drug-likeness (QED) is 0.709. The number of carbonyl (C=O) groups is 1. The fraction of sp³-hybridized carbons (Fsp3) is 0.333. The second-order valence-electron chi connectivity index (χ2n) is 7.27. The Morgan fingerprint density at radius 1 is 1.34 bits per heavy atom. The molecule has 1 aromatic carbocycles. The largest absolute Gasteiger partial charge is 0.496 e. The number of methoxy groups -OCH3 is 1. The van der Waals surface area contributed by atoms with Crippen molar-refractivity contribution in [2.75, 3.05) is 37.0 Å². The maximum absolute atomic E-state index is 14.7. The van der Waals surface area contributed by atoms with Crippen LogP contribution in [-0.2, 0) is 0 Å². The van der Waals surface area contributed by atoms with Crippen molar-refractivity contribution in [3.05, 3.63) is 53.7 Å². The molecule has 3 aromatic rings. The van der Waals surface area contributed by atoms with Crippen molar-refractivity contribution in [3.8, 4) is 5.75 Å². The number of hydrogen-bond donors (Lipinski definition) is 2. The topological polar surface area (TPSA) is 70.9 Å². The zero-order valence-corrected chi connectivity index (χ0v) is 16.7. The summed E-state index contributed by atoms with van der Waals surface area (Å²) in [7, 11) is 1.49. The molecular weight excluding hydrogens is 373 g/mol. The average Bonchev–Trinajstić information content (AvgIpc) is 3.07. The van der Waals surface area contributed by atoms with Gasteiger partial charge in [-0.1, -0.05) is 0 Å². The molecule has 1 saturated heterocycles. The lowest BCUT2D eigenvalue weighted by Gasteiger charge is -2.36. The lowest BCUT2D eigenvalue weighted by molar-refractivity contribution is 0.102. The summed E-state index contributed by atoms with van der Waals surface area (Å²) in [5.74, 6) is -0.537. The molecule has 0 aliphatic carbocycles. The lowest BCUT2D eigenvalue weighted by atomic mass is 10.1. The van der Waals surface area contributed by atoms with Crippen LogP contribution in [0.5, 0.6) is 5.75 Å². The first-order chi connectivity index (χ1) is 14.0. The van der Waals surface area contributed by atoms with Gasteiger partial charge in [0.1, 0.15) is 17.2 Å². The summed E-state index contributed by atoms with van der Waals surface area (Å²) in [4.78, 5) is 19.3. The first kappa shape index (κ1) is 19.2. The van der Waals surface area contributed by atoms with Gasteiger partial charge >= 0.3 is 0 Å². The Labute approximate surface area is 168 Å². The van der Waals surface area contributed by atoms with Gasteiger partial charge in [-0.2, -0.15) is 0 Å². The fourth-order valence-electron chi connectivity index (χ4n) is 3.68. The standard InChI is InChI=1S/C21H24FN5O2/c1-13-11-26-12-16(19(29-3)9-20(26)24-13)21(28)25-18-5-4-15(8-17(18)22)27-7-6-23-10-14(27)2/h4-5,8-9,11-12,14,23H,6-7,10H2,1-3H3,(H,25,28). The van der Waals surface area contributed by atoms with Crippen molar-refractivity contribution < 1.29 is 13.9 Å². The Balaban J connectivity index is 1.59. The maximum atomic E-state index is 14.7. The van der Waals surface area contributed by atoms with Crippen LogP contribution in [0.25, 0.3) is 5.65 Å². The third-order valence-electron chi connectivity index (χ3n) is 5.17. The van der Waals surface area contributed by atoms with Crippen LogP contribution in [0.15, 0.2) is 36.7 Å². The normalized spacial score (nSPS) is 16.8. The van der Waals surface area contributed by atoms with Crippen LogP contribution in [0.4, 0.5) is 15.8 Å². The molecule has 1 aliphatic heterocycles. The number of pyridine rings is 1. The lowest BCUT2D eigenvalue weighted by Crippen LogP contribution is -2.49. The number of hydrogen-bond acceptors (Lipinski definition) is 5. The Morgan fingerprint density at radius 3 is 2.90 bits per heavy atom. The Hall–Kier alpha value is -3.13. The Kier molecular flexibility index (Phi) is 5.10.